The molecule has 1 amide bonds. The highest BCUT2D eigenvalue weighted by Crippen LogP contribution is 2.27. The largest absolute Gasteiger partial charge is 0.379 e. The summed E-state index contributed by atoms with van der Waals surface area (Å²) < 4.78 is 3.35. The van der Waals surface area contributed by atoms with Crippen LogP contribution in [0, 0.1) is 0 Å². The smallest absolute Gasteiger partial charge is 0.253 e. The molecule has 0 bridgehead atoms. The van der Waals surface area contributed by atoms with Gasteiger partial charge in [0.25, 0.3) is 5.91 Å². The van der Waals surface area contributed by atoms with Crippen molar-refractivity contribution < 1.29 is 4.79 Å². The Morgan fingerprint density at radius 1 is 0.871 bits per heavy atom. The fourth-order valence-corrected chi connectivity index (χ4v) is 4.42. The van der Waals surface area contributed by atoms with Crippen molar-refractivity contribution in [1.82, 2.24) is 9.88 Å². The molecule has 1 saturated heterocycles. The molecule has 3 aromatic carbocycles. The molecule has 6 heteroatoms. The molecular weight excluding hydrogens is 404 g/mol. The van der Waals surface area contributed by atoms with Crippen molar-refractivity contribution >= 4 is 40.1 Å². The van der Waals surface area contributed by atoms with Crippen molar-refractivity contribution in [2.75, 3.05) is 23.1 Å². The van der Waals surface area contributed by atoms with Crippen LogP contribution in [0.4, 0.5) is 11.4 Å². The standard InChI is InChI=1S/C25H22N4OS/c30-25(29-16-22(17-29)27-20-8-2-1-3-9-20)19-11-13-21(14-12-19)28-31-23-10-4-6-18-7-5-15-26-24(18)23/h1-15,22,27-28H,16-17H2. The molecule has 0 unspecified atom stereocenters. The molecule has 2 heterocycles. The Bertz CT molecular complexity index is 1190. The molecule has 4 aromatic rings. The minimum atomic E-state index is 0.0727. The van der Waals surface area contributed by atoms with E-state index in [9.17, 15) is 4.79 Å². The van der Waals surface area contributed by atoms with Crippen LogP contribution in [0.15, 0.2) is 96.0 Å². The van der Waals surface area contributed by atoms with Crippen LogP contribution < -0.4 is 10.0 Å². The average Bonchev–Trinajstić information content (AvgIpc) is 2.80. The number of carbonyl (C=O) groups is 1. The van der Waals surface area contributed by atoms with Crippen LogP contribution in [0.25, 0.3) is 10.9 Å². The molecule has 154 valence electrons. The molecule has 1 aromatic heterocycles. The summed E-state index contributed by atoms with van der Waals surface area (Å²) >= 11 is 1.52. The van der Waals surface area contributed by atoms with Crippen molar-refractivity contribution in [3.05, 3.63) is 96.7 Å². The first-order chi connectivity index (χ1) is 15.3. The number of benzene rings is 3. The summed E-state index contributed by atoms with van der Waals surface area (Å²) in [6.45, 7) is 1.44. The van der Waals surface area contributed by atoms with Gasteiger partial charge in [0, 0.05) is 41.6 Å². The number of anilines is 2. The van der Waals surface area contributed by atoms with Gasteiger partial charge in [-0.15, -0.1) is 0 Å². The van der Waals surface area contributed by atoms with Gasteiger partial charge in [-0.05, 0) is 60.5 Å². The number of para-hydroxylation sites is 2. The molecule has 1 aliphatic heterocycles. The van der Waals surface area contributed by atoms with Gasteiger partial charge in [0.15, 0.2) is 0 Å². The quantitative estimate of drug-likeness (QED) is 0.410. The number of hydrogen-bond donors (Lipinski definition) is 2. The van der Waals surface area contributed by atoms with E-state index in [-0.39, 0.29) is 5.91 Å². The van der Waals surface area contributed by atoms with Crippen molar-refractivity contribution in [3.63, 3.8) is 0 Å². The molecule has 1 aliphatic rings. The zero-order chi connectivity index (χ0) is 21.0. The van der Waals surface area contributed by atoms with Gasteiger partial charge >= 0.3 is 0 Å². The lowest BCUT2D eigenvalue weighted by Crippen LogP contribution is -2.56. The molecule has 0 aliphatic carbocycles. The van der Waals surface area contributed by atoms with Gasteiger partial charge in [-0.1, -0.05) is 36.4 Å². The zero-order valence-corrected chi connectivity index (χ0v) is 17.7. The maximum atomic E-state index is 12.7. The number of fused-ring (bicyclic) bond motifs is 1. The van der Waals surface area contributed by atoms with E-state index in [1.165, 1.54) is 11.9 Å². The van der Waals surface area contributed by atoms with Crippen LogP contribution in [-0.2, 0) is 0 Å². The average molecular weight is 427 g/mol. The fourth-order valence-electron chi connectivity index (χ4n) is 3.64. The van der Waals surface area contributed by atoms with Crippen LogP contribution >= 0.6 is 11.9 Å². The Morgan fingerprint density at radius 3 is 2.45 bits per heavy atom. The molecule has 0 spiro atoms. The van der Waals surface area contributed by atoms with Gasteiger partial charge in [0.2, 0.25) is 0 Å². The number of nitrogens with one attached hydrogen (secondary N) is 2. The summed E-state index contributed by atoms with van der Waals surface area (Å²) in [5.74, 6) is 0.0727. The number of likely N-dealkylation sites (tertiary alicyclic amines) is 1. The number of nitrogens with zero attached hydrogens (tertiary/aromatic N) is 2. The van der Waals surface area contributed by atoms with E-state index in [4.69, 9.17) is 0 Å². The van der Waals surface area contributed by atoms with E-state index in [1.807, 2.05) is 77.8 Å². The topological polar surface area (TPSA) is 57.3 Å². The van der Waals surface area contributed by atoms with Gasteiger partial charge in [0.1, 0.15) is 0 Å². The lowest BCUT2D eigenvalue weighted by Gasteiger charge is -2.40. The minimum Gasteiger partial charge on any atom is -0.379 e. The van der Waals surface area contributed by atoms with Crippen molar-refractivity contribution in [3.8, 4) is 0 Å². The van der Waals surface area contributed by atoms with E-state index >= 15 is 0 Å². The van der Waals surface area contributed by atoms with Gasteiger partial charge < -0.3 is 14.9 Å². The molecule has 0 saturated carbocycles. The second-order valence-electron chi connectivity index (χ2n) is 7.53. The number of carbonyl (C=O) groups excluding carboxylic acids is 1. The summed E-state index contributed by atoms with van der Waals surface area (Å²) in [7, 11) is 0. The summed E-state index contributed by atoms with van der Waals surface area (Å²) in [5, 5.41) is 4.57. The molecule has 0 atom stereocenters. The Kier molecular flexibility index (Phi) is 5.46. The first-order valence-corrected chi connectivity index (χ1v) is 11.1. The summed E-state index contributed by atoms with van der Waals surface area (Å²) in [5.41, 5.74) is 3.72. The molecule has 0 radical (unpaired) electrons. The Balaban J connectivity index is 1.16. The summed E-state index contributed by atoms with van der Waals surface area (Å²) in [6, 6.07) is 28.2. The Labute approximate surface area is 185 Å². The maximum absolute atomic E-state index is 12.7. The van der Waals surface area contributed by atoms with Crippen LogP contribution in [0.1, 0.15) is 10.4 Å². The summed E-state index contributed by atoms with van der Waals surface area (Å²) in [4.78, 5) is 20.1. The number of pyridine rings is 1. The summed E-state index contributed by atoms with van der Waals surface area (Å²) in [6.07, 6.45) is 1.81. The van der Waals surface area contributed by atoms with Crippen molar-refractivity contribution in [1.29, 1.82) is 0 Å². The molecule has 1 fully saturated rings. The number of amides is 1. The monoisotopic (exact) mass is 426 g/mol. The number of aromatic nitrogens is 1. The molecule has 5 rings (SSSR count). The van der Waals surface area contributed by atoms with Crippen LogP contribution in [0.5, 0.6) is 0 Å². The van der Waals surface area contributed by atoms with E-state index in [1.54, 1.807) is 0 Å². The maximum Gasteiger partial charge on any atom is 0.253 e. The second kappa shape index (κ2) is 8.70. The molecule has 31 heavy (non-hydrogen) atoms. The Morgan fingerprint density at radius 2 is 1.65 bits per heavy atom. The first kappa shape index (κ1) is 19.5. The third-order valence-corrected chi connectivity index (χ3v) is 6.21. The lowest BCUT2D eigenvalue weighted by molar-refractivity contribution is 0.0625. The van der Waals surface area contributed by atoms with Gasteiger partial charge in [0.05, 0.1) is 16.5 Å². The van der Waals surface area contributed by atoms with E-state index < -0.39 is 0 Å². The predicted octanol–water partition coefficient (Wildman–Crippen LogP) is 5.29. The first-order valence-electron chi connectivity index (χ1n) is 10.2. The fraction of sp³-hybridized carbons (Fsp3) is 0.120. The predicted molar refractivity (Wildman–Crippen MR) is 127 cm³/mol. The van der Waals surface area contributed by atoms with Gasteiger partial charge in [-0.25, -0.2) is 0 Å². The number of rotatable bonds is 6. The molecular formula is C25H22N4OS. The van der Waals surface area contributed by atoms with Crippen LogP contribution in [0.2, 0.25) is 0 Å². The molecule has 5 nitrogen and oxygen atoms in total. The SMILES string of the molecule is O=C(c1ccc(NSc2cccc3cccnc23)cc1)N1CC(Nc2ccccc2)C1. The van der Waals surface area contributed by atoms with Crippen LogP contribution in [0.3, 0.4) is 0 Å². The van der Waals surface area contributed by atoms with Crippen LogP contribution in [-0.4, -0.2) is 34.9 Å². The van der Waals surface area contributed by atoms with Crippen molar-refractivity contribution in [2.45, 2.75) is 10.9 Å². The highest BCUT2D eigenvalue weighted by molar-refractivity contribution is 8.00. The molecule has 2 N–H and O–H groups in total. The highest BCUT2D eigenvalue weighted by atomic mass is 32.2. The number of hydrogen-bond acceptors (Lipinski definition) is 5. The third-order valence-electron chi connectivity index (χ3n) is 5.32. The van der Waals surface area contributed by atoms with E-state index in [0.717, 1.165) is 40.3 Å². The van der Waals surface area contributed by atoms with Crippen molar-refractivity contribution in [2.24, 2.45) is 0 Å². The van der Waals surface area contributed by atoms with Gasteiger partial charge in [-0.3, -0.25) is 9.78 Å². The van der Waals surface area contributed by atoms with E-state index in [0.29, 0.717) is 11.6 Å². The lowest BCUT2D eigenvalue weighted by atomic mass is 10.1. The zero-order valence-electron chi connectivity index (χ0n) is 16.9. The third kappa shape index (κ3) is 4.34. The Hall–Kier alpha value is -3.51. The highest BCUT2D eigenvalue weighted by Gasteiger charge is 2.31. The van der Waals surface area contributed by atoms with E-state index in [2.05, 4.69) is 33.2 Å². The van der Waals surface area contributed by atoms with Gasteiger partial charge in [-0.2, -0.15) is 0 Å². The minimum absolute atomic E-state index is 0.0727. The normalized spacial score (nSPS) is 13.6. The second-order valence-corrected chi connectivity index (χ2v) is 8.38.